The molecule has 0 aromatic rings. The summed E-state index contributed by atoms with van der Waals surface area (Å²) in [5.74, 6) is 0.573. The van der Waals surface area contributed by atoms with Crippen LogP contribution in [0.5, 0.6) is 0 Å². The van der Waals surface area contributed by atoms with Crippen LogP contribution in [0, 0.1) is 5.92 Å². The first-order valence-electron chi connectivity index (χ1n) is 4.09. The highest BCUT2D eigenvalue weighted by molar-refractivity contribution is 5.31. The van der Waals surface area contributed by atoms with Gasteiger partial charge in [-0.3, -0.25) is 0 Å². The fourth-order valence-electron chi connectivity index (χ4n) is 1.20. The van der Waals surface area contributed by atoms with Crippen molar-refractivity contribution in [2.24, 2.45) is 5.92 Å². The zero-order chi connectivity index (χ0) is 8.85. The van der Waals surface area contributed by atoms with Gasteiger partial charge in [-0.05, 0) is 30.9 Å². The van der Waals surface area contributed by atoms with Crippen molar-refractivity contribution in [1.82, 2.24) is 0 Å². The van der Waals surface area contributed by atoms with Gasteiger partial charge in [0, 0.05) is 0 Å². The van der Waals surface area contributed by atoms with Crippen LogP contribution in [0.25, 0.3) is 0 Å². The summed E-state index contributed by atoms with van der Waals surface area (Å²) in [5.41, 5.74) is 2.65. The summed E-state index contributed by atoms with van der Waals surface area (Å²) < 4.78 is 0. The predicted octanol–water partition coefficient (Wildman–Crippen LogP) is 3.72. The van der Waals surface area contributed by atoms with E-state index in [1.807, 2.05) is 13.0 Å². The Morgan fingerprint density at radius 1 is 1.36 bits per heavy atom. The second kappa shape index (κ2) is 4.95. The van der Waals surface area contributed by atoms with Crippen molar-refractivity contribution in [1.29, 1.82) is 0 Å². The van der Waals surface area contributed by atoms with Gasteiger partial charge in [-0.25, -0.2) is 0 Å². The largest absolute Gasteiger partial charge is 0.0988 e. The highest BCUT2D eigenvalue weighted by Crippen LogP contribution is 2.16. The second-order valence-corrected chi connectivity index (χ2v) is 3.00. The molecule has 0 spiro atoms. The third-order valence-corrected chi connectivity index (χ3v) is 1.71. The lowest BCUT2D eigenvalue weighted by molar-refractivity contribution is 0.784. The first-order valence-corrected chi connectivity index (χ1v) is 4.09. The molecule has 0 atom stereocenters. The Balaban J connectivity index is 4.67. The fraction of sp³-hybridized carbons (Fsp3) is 0.455. The summed E-state index contributed by atoms with van der Waals surface area (Å²) in [6.45, 7) is 12.3. The van der Waals surface area contributed by atoms with Crippen LogP contribution in [0.15, 0.2) is 36.0 Å². The first-order chi connectivity index (χ1) is 5.13. The predicted molar refractivity (Wildman–Crippen MR) is 52.5 cm³/mol. The molecule has 0 amide bonds. The monoisotopic (exact) mass is 150 g/mol. The maximum Gasteiger partial charge on any atom is -0.0216 e. The van der Waals surface area contributed by atoms with Gasteiger partial charge in [-0.1, -0.05) is 38.7 Å². The van der Waals surface area contributed by atoms with Crippen LogP contribution in [0.4, 0.5) is 0 Å². The number of hydrogen-bond donors (Lipinski definition) is 0. The molecule has 11 heavy (non-hydrogen) atoms. The lowest BCUT2D eigenvalue weighted by atomic mass is 9.98. The van der Waals surface area contributed by atoms with Gasteiger partial charge in [0.25, 0.3) is 0 Å². The Hall–Kier alpha value is -0.780. The third-order valence-electron chi connectivity index (χ3n) is 1.71. The Morgan fingerprint density at radius 3 is 2.18 bits per heavy atom. The van der Waals surface area contributed by atoms with Gasteiger partial charge < -0.3 is 0 Å². The van der Waals surface area contributed by atoms with Gasteiger partial charge in [0.1, 0.15) is 0 Å². The average Bonchev–Trinajstić information content (AvgIpc) is 1.88. The van der Waals surface area contributed by atoms with Crippen LogP contribution in [-0.4, -0.2) is 0 Å². The molecule has 0 bridgehead atoms. The van der Waals surface area contributed by atoms with Crippen molar-refractivity contribution in [3.63, 3.8) is 0 Å². The van der Waals surface area contributed by atoms with E-state index in [9.17, 15) is 0 Å². The maximum absolute atomic E-state index is 3.79. The average molecular weight is 150 g/mol. The topological polar surface area (TPSA) is 0 Å². The molecule has 0 rings (SSSR count). The molecular weight excluding hydrogens is 132 g/mol. The minimum absolute atomic E-state index is 0.573. The van der Waals surface area contributed by atoms with E-state index in [4.69, 9.17) is 0 Å². The number of hydrogen-bond acceptors (Lipinski definition) is 0. The Kier molecular flexibility index (Phi) is 4.60. The van der Waals surface area contributed by atoms with Gasteiger partial charge in [0.2, 0.25) is 0 Å². The van der Waals surface area contributed by atoms with Crippen LogP contribution in [-0.2, 0) is 0 Å². The second-order valence-electron chi connectivity index (χ2n) is 3.00. The molecule has 0 fully saturated rings. The molecule has 0 nitrogen and oxygen atoms in total. The van der Waals surface area contributed by atoms with Crippen LogP contribution < -0.4 is 0 Å². The number of allylic oxidation sites excluding steroid dienone is 5. The lowest BCUT2D eigenvalue weighted by Gasteiger charge is -2.08. The van der Waals surface area contributed by atoms with Crippen molar-refractivity contribution >= 4 is 0 Å². The highest BCUT2D eigenvalue weighted by Gasteiger charge is 1.99. The van der Waals surface area contributed by atoms with Gasteiger partial charge in [-0.15, -0.1) is 0 Å². The molecule has 0 aliphatic carbocycles. The van der Waals surface area contributed by atoms with Gasteiger partial charge >= 0.3 is 0 Å². The quantitative estimate of drug-likeness (QED) is 0.538. The molecule has 0 heteroatoms. The van der Waals surface area contributed by atoms with Gasteiger partial charge in [0.05, 0.1) is 0 Å². The van der Waals surface area contributed by atoms with Crippen molar-refractivity contribution in [3.8, 4) is 0 Å². The molecule has 0 aromatic heterocycles. The molecule has 62 valence electrons. The van der Waals surface area contributed by atoms with E-state index in [0.717, 1.165) is 0 Å². The summed E-state index contributed by atoms with van der Waals surface area (Å²) in [5, 5.41) is 0. The Bertz CT molecular complexity index is 180. The fourth-order valence-corrected chi connectivity index (χ4v) is 1.20. The van der Waals surface area contributed by atoms with E-state index in [1.165, 1.54) is 11.1 Å². The smallest absolute Gasteiger partial charge is 0.0216 e. The van der Waals surface area contributed by atoms with Crippen LogP contribution in [0.2, 0.25) is 0 Å². The number of rotatable bonds is 3. The lowest BCUT2D eigenvalue weighted by Crippen LogP contribution is -1.92. The molecular formula is C11H18. The van der Waals surface area contributed by atoms with Crippen molar-refractivity contribution in [3.05, 3.63) is 36.0 Å². The van der Waals surface area contributed by atoms with E-state index in [1.54, 1.807) is 0 Å². The van der Waals surface area contributed by atoms with Crippen molar-refractivity contribution < 1.29 is 0 Å². The van der Waals surface area contributed by atoms with Crippen molar-refractivity contribution in [2.45, 2.75) is 27.7 Å². The van der Waals surface area contributed by atoms with Crippen LogP contribution >= 0.6 is 0 Å². The molecule has 0 radical (unpaired) electrons. The van der Waals surface area contributed by atoms with E-state index in [0.29, 0.717) is 5.92 Å². The van der Waals surface area contributed by atoms with E-state index in [-0.39, 0.29) is 0 Å². The van der Waals surface area contributed by atoms with Crippen molar-refractivity contribution in [2.75, 3.05) is 0 Å². The summed E-state index contributed by atoms with van der Waals surface area (Å²) in [6, 6.07) is 0. The Labute approximate surface area is 70.3 Å². The van der Waals surface area contributed by atoms with Crippen LogP contribution in [0.1, 0.15) is 27.7 Å². The molecule has 0 aliphatic heterocycles. The molecule has 0 heterocycles. The Morgan fingerprint density at radius 2 is 1.91 bits per heavy atom. The molecule has 0 aliphatic rings. The highest BCUT2D eigenvalue weighted by atomic mass is 14.0. The van der Waals surface area contributed by atoms with E-state index < -0.39 is 0 Å². The standard InChI is InChI=1S/C11H18/c1-6-8-10(5)11(7-2)9(3)4/h6-9H,2H2,1,3-5H3/b8-6-,11-10+. The summed E-state index contributed by atoms with van der Waals surface area (Å²) in [6.07, 6.45) is 6.12. The summed E-state index contributed by atoms with van der Waals surface area (Å²) >= 11 is 0. The molecule has 0 aromatic carbocycles. The zero-order valence-corrected chi connectivity index (χ0v) is 8.02. The third kappa shape index (κ3) is 3.22. The minimum Gasteiger partial charge on any atom is -0.0988 e. The molecule has 0 saturated carbocycles. The molecule has 0 saturated heterocycles. The SMILES string of the molecule is C=C/C(=C(C)\C=C/C)C(C)C. The van der Waals surface area contributed by atoms with E-state index >= 15 is 0 Å². The van der Waals surface area contributed by atoms with Gasteiger partial charge in [-0.2, -0.15) is 0 Å². The zero-order valence-electron chi connectivity index (χ0n) is 8.02. The van der Waals surface area contributed by atoms with Gasteiger partial charge in [0.15, 0.2) is 0 Å². The molecule has 0 unspecified atom stereocenters. The summed E-state index contributed by atoms with van der Waals surface area (Å²) in [7, 11) is 0. The van der Waals surface area contributed by atoms with E-state index in [2.05, 4.69) is 39.5 Å². The normalized spacial score (nSPS) is 13.9. The van der Waals surface area contributed by atoms with Crippen LogP contribution in [0.3, 0.4) is 0 Å². The maximum atomic E-state index is 3.79. The summed E-state index contributed by atoms with van der Waals surface area (Å²) in [4.78, 5) is 0. The minimum atomic E-state index is 0.573. The first kappa shape index (κ1) is 10.2. The molecule has 0 N–H and O–H groups in total.